The molecular weight excluding hydrogens is 200 g/mol. The van der Waals surface area contributed by atoms with Gasteiger partial charge in [0.25, 0.3) is 0 Å². The van der Waals surface area contributed by atoms with Crippen molar-refractivity contribution in [3.63, 3.8) is 0 Å². The van der Waals surface area contributed by atoms with Gasteiger partial charge in [-0.25, -0.2) is 0 Å². The Morgan fingerprint density at radius 1 is 1.25 bits per heavy atom. The van der Waals surface area contributed by atoms with Crippen LogP contribution < -0.4 is 10.6 Å². The van der Waals surface area contributed by atoms with Gasteiger partial charge in [-0.15, -0.1) is 0 Å². The minimum absolute atomic E-state index is 0.216. The average molecular weight is 224 g/mol. The molecule has 0 radical (unpaired) electrons. The lowest BCUT2D eigenvalue weighted by Gasteiger charge is -2.20. The van der Waals surface area contributed by atoms with Crippen molar-refractivity contribution in [2.24, 2.45) is 5.92 Å². The summed E-state index contributed by atoms with van der Waals surface area (Å²) < 4.78 is 0. The van der Waals surface area contributed by atoms with Gasteiger partial charge >= 0.3 is 0 Å². The highest BCUT2D eigenvalue weighted by atomic mass is 16.1. The summed E-state index contributed by atoms with van der Waals surface area (Å²) in [5, 5.41) is 6.51. The van der Waals surface area contributed by atoms with E-state index >= 15 is 0 Å². The summed E-state index contributed by atoms with van der Waals surface area (Å²) in [5.74, 6) is 1.06. The maximum atomic E-state index is 11.4. The quantitative estimate of drug-likeness (QED) is 0.722. The topological polar surface area (TPSA) is 41.1 Å². The van der Waals surface area contributed by atoms with Gasteiger partial charge in [-0.3, -0.25) is 4.79 Å². The van der Waals surface area contributed by atoms with Gasteiger partial charge in [0.15, 0.2) is 0 Å². The molecule has 3 heteroatoms. The number of carbonyl (C=O) groups excluding carboxylic acids is 1. The van der Waals surface area contributed by atoms with E-state index in [0.717, 1.165) is 12.5 Å². The second kappa shape index (κ2) is 5.67. The number of rotatable bonds is 6. The summed E-state index contributed by atoms with van der Waals surface area (Å²) in [6.45, 7) is 3.09. The van der Waals surface area contributed by atoms with E-state index in [1.807, 2.05) is 0 Å². The lowest BCUT2D eigenvalue weighted by atomic mass is 10.00. The Morgan fingerprint density at radius 2 is 1.94 bits per heavy atom. The summed E-state index contributed by atoms with van der Waals surface area (Å²) in [6, 6.07) is 1.08. The van der Waals surface area contributed by atoms with Gasteiger partial charge in [-0.1, -0.05) is 12.8 Å². The normalized spacial score (nSPS) is 23.3. The fourth-order valence-corrected chi connectivity index (χ4v) is 2.56. The van der Waals surface area contributed by atoms with Crippen LogP contribution in [0.25, 0.3) is 0 Å². The Morgan fingerprint density at radius 3 is 2.56 bits per heavy atom. The smallest absolute Gasteiger partial charge is 0.221 e. The van der Waals surface area contributed by atoms with Crippen molar-refractivity contribution in [2.75, 3.05) is 6.54 Å². The van der Waals surface area contributed by atoms with Crippen molar-refractivity contribution in [3.8, 4) is 0 Å². The molecule has 0 saturated heterocycles. The first kappa shape index (κ1) is 11.9. The first-order valence-corrected chi connectivity index (χ1v) is 6.78. The van der Waals surface area contributed by atoms with Crippen LogP contribution in [-0.2, 0) is 4.79 Å². The van der Waals surface area contributed by atoms with Crippen LogP contribution >= 0.6 is 0 Å². The molecule has 0 aromatic heterocycles. The van der Waals surface area contributed by atoms with Crippen LogP contribution in [0.2, 0.25) is 0 Å². The summed E-state index contributed by atoms with van der Waals surface area (Å²) in [6.07, 6.45) is 8.49. The number of hydrogen-bond acceptors (Lipinski definition) is 2. The van der Waals surface area contributed by atoms with Gasteiger partial charge in [0, 0.05) is 25.0 Å². The highest BCUT2D eigenvalue weighted by Gasteiger charge is 2.23. The van der Waals surface area contributed by atoms with Crippen molar-refractivity contribution in [2.45, 2.75) is 64.0 Å². The molecule has 92 valence electrons. The molecule has 2 aliphatic rings. The molecule has 0 aliphatic heterocycles. The number of hydrogen-bond donors (Lipinski definition) is 2. The van der Waals surface area contributed by atoms with Crippen molar-refractivity contribution < 1.29 is 4.79 Å². The molecule has 0 aromatic carbocycles. The Hall–Kier alpha value is -0.570. The first-order chi connectivity index (χ1) is 7.75. The van der Waals surface area contributed by atoms with E-state index in [9.17, 15) is 4.79 Å². The van der Waals surface area contributed by atoms with E-state index in [0.29, 0.717) is 18.5 Å². The standard InChI is InChI=1S/C13H24N2O/c1-10(11-4-2-3-5-11)14-9-8-13(16)15-12-6-7-12/h10-12,14H,2-9H2,1H3,(H,15,16)/t10-/m1/s1. The van der Waals surface area contributed by atoms with Crippen LogP contribution in [0, 0.1) is 5.92 Å². The fraction of sp³-hybridized carbons (Fsp3) is 0.923. The molecule has 0 aromatic rings. The lowest BCUT2D eigenvalue weighted by molar-refractivity contribution is -0.121. The van der Waals surface area contributed by atoms with E-state index in [4.69, 9.17) is 0 Å². The third kappa shape index (κ3) is 3.78. The summed E-state index contributed by atoms with van der Waals surface area (Å²) in [4.78, 5) is 11.4. The van der Waals surface area contributed by atoms with Crippen LogP contribution in [-0.4, -0.2) is 24.5 Å². The Bertz CT molecular complexity index is 232. The van der Waals surface area contributed by atoms with Gasteiger partial charge in [0.05, 0.1) is 0 Å². The zero-order valence-electron chi connectivity index (χ0n) is 10.3. The lowest BCUT2D eigenvalue weighted by Crippen LogP contribution is -2.36. The van der Waals surface area contributed by atoms with Gasteiger partial charge in [0.1, 0.15) is 0 Å². The Labute approximate surface area is 98.4 Å². The molecule has 0 spiro atoms. The zero-order chi connectivity index (χ0) is 11.4. The molecule has 2 rings (SSSR count). The van der Waals surface area contributed by atoms with Crippen LogP contribution in [0.1, 0.15) is 51.9 Å². The molecular formula is C13H24N2O. The summed E-state index contributed by atoms with van der Waals surface area (Å²) in [7, 11) is 0. The third-order valence-corrected chi connectivity index (χ3v) is 3.87. The monoisotopic (exact) mass is 224 g/mol. The predicted molar refractivity (Wildman–Crippen MR) is 65.2 cm³/mol. The molecule has 2 saturated carbocycles. The highest BCUT2D eigenvalue weighted by molar-refractivity contribution is 5.76. The molecule has 2 N–H and O–H groups in total. The molecule has 0 heterocycles. The van der Waals surface area contributed by atoms with Gasteiger partial charge < -0.3 is 10.6 Å². The SMILES string of the molecule is C[C@@H](NCCC(=O)NC1CC1)C1CCCC1. The molecule has 16 heavy (non-hydrogen) atoms. The highest BCUT2D eigenvalue weighted by Crippen LogP contribution is 2.27. The Kier molecular flexibility index (Phi) is 4.22. The van der Waals surface area contributed by atoms with E-state index in [2.05, 4.69) is 17.6 Å². The average Bonchev–Trinajstić information content (AvgIpc) is 2.90. The van der Waals surface area contributed by atoms with E-state index in [-0.39, 0.29) is 5.91 Å². The molecule has 1 amide bonds. The van der Waals surface area contributed by atoms with Crippen molar-refractivity contribution in [1.29, 1.82) is 0 Å². The molecule has 3 nitrogen and oxygen atoms in total. The molecule has 2 fully saturated rings. The van der Waals surface area contributed by atoms with Crippen LogP contribution in [0.5, 0.6) is 0 Å². The minimum Gasteiger partial charge on any atom is -0.353 e. The van der Waals surface area contributed by atoms with E-state index in [1.165, 1.54) is 38.5 Å². The number of nitrogens with one attached hydrogen (secondary N) is 2. The largest absolute Gasteiger partial charge is 0.353 e. The van der Waals surface area contributed by atoms with E-state index in [1.54, 1.807) is 0 Å². The predicted octanol–water partition coefficient (Wildman–Crippen LogP) is 1.82. The van der Waals surface area contributed by atoms with Crippen molar-refractivity contribution in [3.05, 3.63) is 0 Å². The number of amides is 1. The third-order valence-electron chi connectivity index (χ3n) is 3.87. The van der Waals surface area contributed by atoms with Gasteiger partial charge in [-0.05, 0) is 38.5 Å². The minimum atomic E-state index is 0.216. The molecule has 2 aliphatic carbocycles. The van der Waals surface area contributed by atoms with Crippen molar-refractivity contribution in [1.82, 2.24) is 10.6 Å². The Balaban J connectivity index is 1.53. The summed E-state index contributed by atoms with van der Waals surface area (Å²) >= 11 is 0. The zero-order valence-corrected chi connectivity index (χ0v) is 10.3. The van der Waals surface area contributed by atoms with Gasteiger partial charge in [0.2, 0.25) is 5.91 Å². The first-order valence-electron chi connectivity index (χ1n) is 6.78. The van der Waals surface area contributed by atoms with Crippen LogP contribution in [0.3, 0.4) is 0 Å². The molecule has 0 unspecified atom stereocenters. The maximum absolute atomic E-state index is 11.4. The molecule has 1 atom stereocenters. The fourth-order valence-electron chi connectivity index (χ4n) is 2.56. The number of carbonyl (C=O) groups is 1. The second-order valence-corrected chi connectivity index (χ2v) is 5.38. The molecule has 0 bridgehead atoms. The van der Waals surface area contributed by atoms with Crippen LogP contribution in [0.4, 0.5) is 0 Å². The second-order valence-electron chi connectivity index (χ2n) is 5.38. The van der Waals surface area contributed by atoms with E-state index < -0.39 is 0 Å². The van der Waals surface area contributed by atoms with Crippen molar-refractivity contribution >= 4 is 5.91 Å². The van der Waals surface area contributed by atoms with Crippen LogP contribution in [0.15, 0.2) is 0 Å². The maximum Gasteiger partial charge on any atom is 0.221 e. The summed E-state index contributed by atoms with van der Waals surface area (Å²) in [5.41, 5.74) is 0. The van der Waals surface area contributed by atoms with Gasteiger partial charge in [-0.2, -0.15) is 0 Å².